The van der Waals surface area contributed by atoms with Crippen molar-refractivity contribution >= 4 is 11.9 Å². The summed E-state index contributed by atoms with van der Waals surface area (Å²) < 4.78 is 0. The predicted octanol–water partition coefficient (Wildman–Crippen LogP) is 3.60. The van der Waals surface area contributed by atoms with Gasteiger partial charge in [-0.3, -0.25) is 9.59 Å². The van der Waals surface area contributed by atoms with Gasteiger partial charge in [-0.1, -0.05) is 39.5 Å². The summed E-state index contributed by atoms with van der Waals surface area (Å²) in [4.78, 5) is 22.9. The quantitative estimate of drug-likeness (QED) is 0.673. The summed E-state index contributed by atoms with van der Waals surface area (Å²) >= 11 is 0. The Morgan fingerprint density at radius 2 is 1.76 bits per heavy atom. The molecule has 0 radical (unpaired) electrons. The van der Waals surface area contributed by atoms with Crippen LogP contribution >= 0.6 is 0 Å². The highest BCUT2D eigenvalue weighted by Gasteiger charge is 2.19. The Balaban J connectivity index is 2.32. The summed E-state index contributed by atoms with van der Waals surface area (Å²) in [6.07, 6.45) is 9.01. The zero-order chi connectivity index (χ0) is 15.7. The minimum absolute atomic E-state index is 0.0422. The molecule has 0 aliphatic heterocycles. The van der Waals surface area contributed by atoms with Gasteiger partial charge in [0.05, 0.1) is 0 Å². The molecule has 0 aromatic rings. The van der Waals surface area contributed by atoms with Crippen molar-refractivity contribution < 1.29 is 14.7 Å². The average molecular weight is 297 g/mol. The Bertz CT molecular complexity index is 320. The van der Waals surface area contributed by atoms with Crippen LogP contribution in [0.2, 0.25) is 0 Å². The van der Waals surface area contributed by atoms with Crippen molar-refractivity contribution in [1.82, 2.24) is 5.32 Å². The predicted molar refractivity (Wildman–Crippen MR) is 84.0 cm³/mol. The Labute approximate surface area is 128 Å². The number of rotatable bonds is 8. The number of carbonyl (C=O) groups is 2. The minimum atomic E-state index is -0.779. The van der Waals surface area contributed by atoms with E-state index in [0.29, 0.717) is 24.8 Å². The Hall–Kier alpha value is -1.06. The molecule has 1 amide bonds. The van der Waals surface area contributed by atoms with E-state index in [9.17, 15) is 9.59 Å². The van der Waals surface area contributed by atoms with Gasteiger partial charge in [0.15, 0.2) is 0 Å². The van der Waals surface area contributed by atoms with Crippen molar-refractivity contribution in [2.24, 2.45) is 17.8 Å². The molecule has 0 saturated heterocycles. The fraction of sp³-hybridized carbons (Fsp3) is 0.882. The second-order valence-corrected chi connectivity index (χ2v) is 6.96. The van der Waals surface area contributed by atoms with E-state index < -0.39 is 5.97 Å². The van der Waals surface area contributed by atoms with Crippen LogP contribution in [-0.4, -0.2) is 23.5 Å². The van der Waals surface area contributed by atoms with Crippen LogP contribution in [0, 0.1) is 17.8 Å². The molecule has 1 atom stereocenters. The number of hydrogen-bond donors (Lipinski definition) is 2. The van der Waals surface area contributed by atoms with Crippen molar-refractivity contribution in [3.63, 3.8) is 0 Å². The molecule has 4 nitrogen and oxygen atoms in total. The van der Waals surface area contributed by atoms with Crippen LogP contribution in [0.3, 0.4) is 0 Å². The number of carbonyl (C=O) groups excluding carboxylic acids is 1. The molecule has 0 aromatic carbocycles. The fourth-order valence-corrected chi connectivity index (χ4v) is 3.31. The lowest BCUT2D eigenvalue weighted by atomic mass is 9.93. The van der Waals surface area contributed by atoms with Gasteiger partial charge >= 0.3 is 5.97 Å². The second kappa shape index (κ2) is 9.80. The van der Waals surface area contributed by atoms with Crippen molar-refractivity contribution in [3.8, 4) is 0 Å². The Morgan fingerprint density at radius 1 is 1.14 bits per heavy atom. The molecule has 21 heavy (non-hydrogen) atoms. The fourth-order valence-electron chi connectivity index (χ4n) is 3.31. The molecule has 1 fully saturated rings. The summed E-state index contributed by atoms with van der Waals surface area (Å²) in [7, 11) is 0. The van der Waals surface area contributed by atoms with E-state index >= 15 is 0 Å². The van der Waals surface area contributed by atoms with Gasteiger partial charge < -0.3 is 10.4 Å². The Morgan fingerprint density at radius 3 is 2.29 bits per heavy atom. The van der Waals surface area contributed by atoms with Crippen LogP contribution in [0.25, 0.3) is 0 Å². The van der Waals surface area contributed by atoms with Gasteiger partial charge in [0, 0.05) is 19.4 Å². The van der Waals surface area contributed by atoms with Crippen LogP contribution in [0.4, 0.5) is 0 Å². The zero-order valence-corrected chi connectivity index (χ0v) is 13.6. The van der Waals surface area contributed by atoms with E-state index in [1.54, 1.807) is 0 Å². The maximum absolute atomic E-state index is 12.0. The highest BCUT2D eigenvalue weighted by molar-refractivity contribution is 5.76. The monoisotopic (exact) mass is 297 g/mol. The minimum Gasteiger partial charge on any atom is -0.481 e. The largest absolute Gasteiger partial charge is 0.481 e. The summed E-state index contributed by atoms with van der Waals surface area (Å²) in [5.41, 5.74) is 0. The van der Waals surface area contributed by atoms with Gasteiger partial charge in [-0.05, 0) is 37.0 Å². The molecule has 0 bridgehead atoms. The molecule has 4 heteroatoms. The third-order valence-corrected chi connectivity index (χ3v) is 4.30. The molecule has 2 N–H and O–H groups in total. The first-order valence-electron chi connectivity index (χ1n) is 8.45. The molecule has 1 aliphatic rings. The first-order valence-corrected chi connectivity index (χ1v) is 8.45. The summed E-state index contributed by atoms with van der Waals surface area (Å²) in [6.45, 7) is 4.67. The average Bonchev–Trinajstić information content (AvgIpc) is 2.63. The van der Waals surface area contributed by atoms with Crippen molar-refractivity contribution in [2.45, 2.75) is 71.6 Å². The first-order chi connectivity index (χ1) is 9.97. The van der Waals surface area contributed by atoms with Crippen LogP contribution in [-0.2, 0) is 9.59 Å². The summed E-state index contributed by atoms with van der Waals surface area (Å²) in [5.74, 6) is 0.337. The van der Waals surface area contributed by atoms with E-state index in [1.807, 2.05) is 0 Å². The Kier molecular flexibility index (Phi) is 8.40. The molecule has 0 spiro atoms. The van der Waals surface area contributed by atoms with Crippen molar-refractivity contribution in [1.29, 1.82) is 0 Å². The number of aliphatic carboxylic acids is 1. The van der Waals surface area contributed by atoms with Gasteiger partial charge in [-0.2, -0.15) is 0 Å². The third-order valence-electron chi connectivity index (χ3n) is 4.30. The summed E-state index contributed by atoms with van der Waals surface area (Å²) in [6, 6.07) is 0. The molecule has 0 aromatic heterocycles. The number of carboxylic acid groups (broad SMARTS) is 1. The molecule has 1 saturated carbocycles. The number of hydrogen-bond acceptors (Lipinski definition) is 2. The van der Waals surface area contributed by atoms with E-state index in [4.69, 9.17) is 5.11 Å². The third kappa shape index (κ3) is 8.74. The molecular weight excluding hydrogens is 266 g/mol. The smallest absolute Gasteiger partial charge is 0.303 e. The first kappa shape index (κ1) is 18.0. The van der Waals surface area contributed by atoms with Gasteiger partial charge in [-0.25, -0.2) is 0 Å². The number of amides is 1. The van der Waals surface area contributed by atoms with Crippen LogP contribution in [0.15, 0.2) is 0 Å². The normalized spacial score (nSPS) is 18.2. The second-order valence-electron chi connectivity index (χ2n) is 6.96. The maximum atomic E-state index is 12.0. The molecular formula is C17H31NO3. The highest BCUT2D eigenvalue weighted by Crippen LogP contribution is 2.25. The van der Waals surface area contributed by atoms with Gasteiger partial charge in [-0.15, -0.1) is 0 Å². The van der Waals surface area contributed by atoms with Crippen LogP contribution in [0.5, 0.6) is 0 Å². The summed E-state index contributed by atoms with van der Waals surface area (Å²) in [5, 5.41) is 11.9. The number of nitrogens with one attached hydrogen (secondary N) is 1. The van der Waals surface area contributed by atoms with E-state index in [-0.39, 0.29) is 18.2 Å². The lowest BCUT2D eigenvalue weighted by molar-refractivity contribution is -0.138. The van der Waals surface area contributed by atoms with Gasteiger partial charge in [0.2, 0.25) is 5.91 Å². The van der Waals surface area contributed by atoms with Crippen molar-refractivity contribution in [2.75, 3.05) is 6.54 Å². The lowest BCUT2D eigenvalue weighted by Crippen LogP contribution is -2.32. The van der Waals surface area contributed by atoms with Gasteiger partial charge in [0.25, 0.3) is 0 Å². The zero-order valence-electron chi connectivity index (χ0n) is 13.6. The van der Waals surface area contributed by atoms with E-state index in [2.05, 4.69) is 19.2 Å². The standard InChI is InChI=1S/C17H31NO3/c1-13(2)9-15(11-17(20)21)12-18-16(19)10-14-7-5-3-4-6-8-14/h13-15H,3-12H2,1-2H3,(H,18,19)(H,20,21)/t15-/m0/s1. The highest BCUT2D eigenvalue weighted by atomic mass is 16.4. The molecule has 1 rings (SSSR count). The molecule has 1 aliphatic carbocycles. The van der Waals surface area contributed by atoms with Crippen LogP contribution < -0.4 is 5.32 Å². The van der Waals surface area contributed by atoms with Crippen LogP contribution in [0.1, 0.15) is 71.6 Å². The SMILES string of the molecule is CC(C)C[C@H](CNC(=O)CC1CCCCCC1)CC(=O)O. The molecule has 122 valence electrons. The van der Waals surface area contributed by atoms with E-state index in [1.165, 1.54) is 25.7 Å². The molecule has 0 unspecified atom stereocenters. The van der Waals surface area contributed by atoms with E-state index in [0.717, 1.165) is 19.3 Å². The maximum Gasteiger partial charge on any atom is 0.303 e. The molecule has 0 heterocycles. The van der Waals surface area contributed by atoms with Crippen molar-refractivity contribution in [3.05, 3.63) is 0 Å². The van der Waals surface area contributed by atoms with Gasteiger partial charge in [0.1, 0.15) is 0 Å². The number of carboxylic acids is 1. The topological polar surface area (TPSA) is 66.4 Å². The lowest BCUT2D eigenvalue weighted by Gasteiger charge is -2.19.